The molecule has 0 radical (unpaired) electrons. The first-order valence-electron chi connectivity index (χ1n) is 4.41. The lowest BCUT2D eigenvalue weighted by atomic mass is 9.98. The molecule has 0 aromatic heterocycles. The van der Waals surface area contributed by atoms with E-state index < -0.39 is 0 Å². The highest BCUT2D eigenvalue weighted by Crippen LogP contribution is 2.19. The van der Waals surface area contributed by atoms with Gasteiger partial charge < -0.3 is 15.7 Å². The number of rotatable bonds is 3. The van der Waals surface area contributed by atoms with Gasteiger partial charge in [-0.05, 0) is 12.8 Å². The summed E-state index contributed by atoms with van der Waals surface area (Å²) in [4.78, 5) is 0. The lowest BCUT2D eigenvalue weighted by Gasteiger charge is -2.21. The van der Waals surface area contributed by atoms with Gasteiger partial charge in [-0.2, -0.15) is 0 Å². The zero-order valence-electron chi connectivity index (χ0n) is 7.20. The van der Waals surface area contributed by atoms with E-state index in [0.717, 1.165) is 12.8 Å². The van der Waals surface area contributed by atoms with Crippen molar-refractivity contribution < 1.29 is 9.94 Å². The summed E-state index contributed by atoms with van der Waals surface area (Å²) in [6, 6.07) is 0. The van der Waals surface area contributed by atoms with E-state index in [1.54, 1.807) is 0 Å². The van der Waals surface area contributed by atoms with Crippen molar-refractivity contribution in [1.29, 1.82) is 0 Å². The minimum absolute atomic E-state index is 0.153. The Morgan fingerprint density at radius 3 is 2.67 bits per heavy atom. The van der Waals surface area contributed by atoms with Gasteiger partial charge in [0.15, 0.2) is 5.84 Å². The first kappa shape index (κ1) is 9.32. The standard InChI is InChI=1S/C8H16N2O2/c9-8(10-11)6-12-7-4-2-1-3-5-7/h7,11H,1-6H2,(H2,9,10). The van der Waals surface area contributed by atoms with Crippen molar-refractivity contribution in [1.82, 2.24) is 0 Å². The zero-order chi connectivity index (χ0) is 8.81. The van der Waals surface area contributed by atoms with Gasteiger partial charge in [-0.25, -0.2) is 0 Å². The quantitative estimate of drug-likeness (QED) is 0.290. The second-order valence-electron chi connectivity index (χ2n) is 3.16. The Morgan fingerprint density at radius 2 is 2.08 bits per heavy atom. The second-order valence-corrected chi connectivity index (χ2v) is 3.16. The highest BCUT2D eigenvalue weighted by molar-refractivity contribution is 5.80. The summed E-state index contributed by atoms with van der Waals surface area (Å²) in [6.07, 6.45) is 6.32. The molecule has 1 saturated carbocycles. The molecule has 70 valence electrons. The van der Waals surface area contributed by atoms with Crippen molar-refractivity contribution in [2.24, 2.45) is 10.9 Å². The van der Waals surface area contributed by atoms with Gasteiger partial charge in [0, 0.05) is 0 Å². The van der Waals surface area contributed by atoms with Gasteiger partial charge >= 0.3 is 0 Å². The first-order valence-corrected chi connectivity index (χ1v) is 4.41. The fraction of sp³-hybridized carbons (Fsp3) is 0.875. The first-order chi connectivity index (χ1) is 5.83. The third-order valence-corrected chi connectivity index (χ3v) is 2.15. The van der Waals surface area contributed by atoms with Crippen molar-refractivity contribution in [3.63, 3.8) is 0 Å². The van der Waals surface area contributed by atoms with Gasteiger partial charge in [-0.15, -0.1) is 0 Å². The Bertz CT molecular complexity index is 153. The lowest BCUT2D eigenvalue weighted by Crippen LogP contribution is -2.25. The van der Waals surface area contributed by atoms with E-state index in [4.69, 9.17) is 15.7 Å². The molecule has 0 aliphatic heterocycles. The van der Waals surface area contributed by atoms with Gasteiger partial charge in [-0.1, -0.05) is 24.4 Å². The summed E-state index contributed by atoms with van der Waals surface area (Å²) in [6.45, 7) is 0.251. The number of nitrogens with zero attached hydrogens (tertiary/aromatic N) is 1. The van der Waals surface area contributed by atoms with Crippen molar-refractivity contribution in [2.75, 3.05) is 6.61 Å². The van der Waals surface area contributed by atoms with Crippen LogP contribution < -0.4 is 5.73 Å². The van der Waals surface area contributed by atoms with Crippen LogP contribution in [-0.4, -0.2) is 23.8 Å². The van der Waals surface area contributed by atoms with Gasteiger partial charge in [0.2, 0.25) is 0 Å². The largest absolute Gasteiger partial charge is 0.409 e. The smallest absolute Gasteiger partial charge is 0.165 e. The summed E-state index contributed by atoms with van der Waals surface area (Å²) < 4.78 is 5.42. The molecule has 0 unspecified atom stereocenters. The molecule has 0 saturated heterocycles. The van der Waals surface area contributed by atoms with Crippen LogP contribution in [0.25, 0.3) is 0 Å². The number of ether oxygens (including phenoxy) is 1. The molecule has 3 N–H and O–H groups in total. The van der Waals surface area contributed by atoms with Crippen LogP contribution in [0, 0.1) is 0 Å². The molecule has 12 heavy (non-hydrogen) atoms. The molecule has 0 atom stereocenters. The summed E-state index contributed by atoms with van der Waals surface area (Å²) in [7, 11) is 0. The van der Waals surface area contributed by atoms with Crippen LogP contribution in [0.15, 0.2) is 5.16 Å². The Morgan fingerprint density at radius 1 is 1.42 bits per heavy atom. The van der Waals surface area contributed by atoms with E-state index in [9.17, 15) is 0 Å². The summed E-state index contributed by atoms with van der Waals surface area (Å²) in [5, 5.41) is 11.1. The van der Waals surface area contributed by atoms with Crippen LogP contribution >= 0.6 is 0 Å². The molecule has 4 nitrogen and oxygen atoms in total. The predicted octanol–water partition coefficient (Wildman–Crippen LogP) is 1.08. The van der Waals surface area contributed by atoms with Crippen LogP contribution in [0.2, 0.25) is 0 Å². The highest BCUT2D eigenvalue weighted by atomic mass is 16.5. The van der Waals surface area contributed by atoms with Gasteiger partial charge in [0.1, 0.15) is 6.61 Å². The average Bonchev–Trinajstić information content (AvgIpc) is 2.16. The SMILES string of the molecule is N/C(COC1CCCCC1)=N\O. The van der Waals surface area contributed by atoms with Crippen molar-refractivity contribution in [3.05, 3.63) is 0 Å². The molecule has 0 amide bonds. The number of hydrogen-bond acceptors (Lipinski definition) is 3. The molecule has 1 aliphatic carbocycles. The van der Waals surface area contributed by atoms with Crippen LogP contribution in [0.5, 0.6) is 0 Å². The Hall–Kier alpha value is -0.770. The van der Waals surface area contributed by atoms with E-state index in [2.05, 4.69) is 5.16 Å². The summed E-state index contributed by atoms with van der Waals surface area (Å²) in [5.74, 6) is 0.153. The lowest BCUT2D eigenvalue weighted by molar-refractivity contribution is 0.0514. The Balaban J connectivity index is 2.13. The summed E-state index contributed by atoms with van der Waals surface area (Å²) in [5.41, 5.74) is 5.27. The van der Waals surface area contributed by atoms with Gasteiger partial charge in [-0.3, -0.25) is 0 Å². The minimum Gasteiger partial charge on any atom is -0.409 e. The molecule has 0 aromatic carbocycles. The van der Waals surface area contributed by atoms with E-state index in [-0.39, 0.29) is 12.4 Å². The van der Waals surface area contributed by atoms with Crippen molar-refractivity contribution in [3.8, 4) is 0 Å². The molecular formula is C8H16N2O2. The fourth-order valence-corrected chi connectivity index (χ4v) is 1.46. The molecular weight excluding hydrogens is 156 g/mol. The minimum atomic E-state index is 0.153. The third kappa shape index (κ3) is 3.09. The molecule has 1 fully saturated rings. The van der Waals surface area contributed by atoms with Crippen molar-refractivity contribution >= 4 is 5.84 Å². The maximum atomic E-state index is 8.25. The maximum absolute atomic E-state index is 8.25. The van der Waals surface area contributed by atoms with E-state index in [1.807, 2.05) is 0 Å². The third-order valence-electron chi connectivity index (χ3n) is 2.15. The molecule has 1 aliphatic rings. The number of amidine groups is 1. The Labute approximate surface area is 72.4 Å². The fourth-order valence-electron chi connectivity index (χ4n) is 1.46. The van der Waals surface area contributed by atoms with Gasteiger partial charge in [0.25, 0.3) is 0 Å². The van der Waals surface area contributed by atoms with E-state index in [1.165, 1.54) is 19.3 Å². The Kier molecular flexibility index (Phi) is 3.87. The molecule has 0 spiro atoms. The molecule has 1 rings (SSSR count). The zero-order valence-corrected chi connectivity index (χ0v) is 7.20. The molecule has 4 heteroatoms. The number of oxime groups is 1. The average molecular weight is 172 g/mol. The highest BCUT2D eigenvalue weighted by Gasteiger charge is 2.13. The molecule has 0 aromatic rings. The van der Waals surface area contributed by atoms with Crippen LogP contribution in [0.4, 0.5) is 0 Å². The maximum Gasteiger partial charge on any atom is 0.165 e. The van der Waals surface area contributed by atoms with E-state index >= 15 is 0 Å². The van der Waals surface area contributed by atoms with Gasteiger partial charge in [0.05, 0.1) is 6.10 Å². The normalized spacial score (nSPS) is 21.2. The molecule has 0 heterocycles. The van der Waals surface area contributed by atoms with Crippen LogP contribution in [-0.2, 0) is 4.74 Å². The molecule has 0 bridgehead atoms. The van der Waals surface area contributed by atoms with Crippen LogP contribution in [0.1, 0.15) is 32.1 Å². The second kappa shape index (κ2) is 4.98. The van der Waals surface area contributed by atoms with Crippen molar-refractivity contribution in [2.45, 2.75) is 38.2 Å². The number of nitrogens with two attached hydrogens (primary N) is 1. The predicted molar refractivity (Wildman–Crippen MR) is 46.2 cm³/mol. The summed E-state index contributed by atoms with van der Waals surface area (Å²) >= 11 is 0. The number of hydrogen-bond donors (Lipinski definition) is 2. The monoisotopic (exact) mass is 172 g/mol. The topological polar surface area (TPSA) is 67.8 Å². The van der Waals surface area contributed by atoms with E-state index in [0.29, 0.717) is 6.10 Å². The van der Waals surface area contributed by atoms with Crippen LogP contribution in [0.3, 0.4) is 0 Å².